The molecule has 1 aromatic rings. The first-order valence-corrected chi connectivity index (χ1v) is 7.78. The van der Waals surface area contributed by atoms with Crippen LogP contribution in [0.15, 0.2) is 24.3 Å². The zero-order valence-corrected chi connectivity index (χ0v) is 12.9. The largest absolute Gasteiger partial charge is 0.481 e. The van der Waals surface area contributed by atoms with Crippen LogP contribution in [-0.2, 0) is 19.7 Å². The number of carboxylic acid groups (broad SMARTS) is 1. The van der Waals surface area contributed by atoms with Gasteiger partial charge in [0.1, 0.15) is 0 Å². The van der Waals surface area contributed by atoms with E-state index < -0.39 is 17.5 Å². The molecule has 5 nitrogen and oxygen atoms in total. The molecule has 1 saturated heterocycles. The molecule has 0 bridgehead atoms. The molecule has 1 heterocycles. The number of nitrogens with zero attached hydrogens (tertiary/aromatic N) is 1. The first-order valence-electron chi connectivity index (χ1n) is 7.40. The summed E-state index contributed by atoms with van der Waals surface area (Å²) in [4.78, 5) is 25.4. The Morgan fingerprint density at radius 1 is 1.32 bits per heavy atom. The Bertz CT molecular complexity index is 582. The van der Waals surface area contributed by atoms with Gasteiger partial charge in [-0.05, 0) is 30.5 Å². The second-order valence-electron chi connectivity index (χ2n) is 5.93. The van der Waals surface area contributed by atoms with E-state index in [0.29, 0.717) is 24.7 Å². The Morgan fingerprint density at radius 3 is 2.59 bits per heavy atom. The van der Waals surface area contributed by atoms with E-state index in [1.165, 1.54) is 0 Å². The Hall–Kier alpha value is -1.59. The predicted molar refractivity (Wildman–Crippen MR) is 80.9 cm³/mol. The summed E-state index contributed by atoms with van der Waals surface area (Å²) in [6, 6.07) is 7.42. The third-order valence-corrected chi connectivity index (χ3v) is 4.64. The fourth-order valence-electron chi connectivity index (χ4n) is 3.04. The van der Waals surface area contributed by atoms with Crippen molar-refractivity contribution in [2.75, 3.05) is 19.7 Å². The number of rotatable bonds is 4. The van der Waals surface area contributed by atoms with E-state index in [4.69, 9.17) is 21.4 Å². The van der Waals surface area contributed by atoms with Crippen LogP contribution in [0.25, 0.3) is 0 Å². The zero-order valence-electron chi connectivity index (χ0n) is 12.1. The van der Waals surface area contributed by atoms with Crippen molar-refractivity contribution < 1.29 is 19.4 Å². The SMILES string of the molecule is O=C(O)CC1CN(C(=O)C2(c3ccc(Cl)cc3)CC2)CCO1. The van der Waals surface area contributed by atoms with Crippen LogP contribution in [0.5, 0.6) is 0 Å². The van der Waals surface area contributed by atoms with Crippen LogP contribution in [0.1, 0.15) is 24.8 Å². The van der Waals surface area contributed by atoms with Crippen LogP contribution >= 0.6 is 11.6 Å². The molecule has 6 heteroatoms. The summed E-state index contributed by atoms with van der Waals surface area (Å²) in [5, 5.41) is 9.52. The number of amides is 1. The smallest absolute Gasteiger partial charge is 0.306 e. The second kappa shape index (κ2) is 5.89. The van der Waals surface area contributed by atoms with Crippen molar-refractivity contribution in [1.29, 1.82) is 0 Å². The van der Waals surface area contributed by atoms with Gasteiger partial charge in [-0.2, -0.15) is 0 Å². The molecule has 22 heavy (non-hydrogen) atoms. The minimum Gasteiger partial charge on any atom is -0.481 e. The lowest BCUT2D eigenvalue weighted by atomic mass is 9.94. The quantitative estimate of drug-likeness (QED) is 0.921. The molecule has 2 fully saturated rings. The maximum atomic E-state index is 12.9. The minimum absolute atomic E-state index is 0.0717. The van der Waals surface area contributed by atoms with Gasteiger partial charge in [0.25, 0.3) is 0 Å². The van der Waals surface area contributed by atoms with Crippen LogP contribution in [-0.4, -0.2) is 47.7 Å². The molecule has 0 spiro atoms. The predicted octanol–water partition coefficient (Wildman–Crippen LogP) is 2.07. The number of hydrogen-bond acceptors (Lipinski definition) is 3. The molecule has 3 rings (SSSR count). The molecule has 1 unspecified atom stereocenters. The van der Waals surface area contributed by atoms with E-state index in [1.807, 2.05) is 12.1 Å². The monoisotopic (exact) mass is 323 g/mol. The summed E-state index contributed by atoms with van der Waals surface area (Å²) >= 11 is 5.91. The molecule has 1 aromatic carbocycles. The molecular weight excluding hydrogens is 306 g/mol. The number of hydrogen-bond donors (Lipinski definition) is 1. The molecule has 2 aliphatic rings. The highest BCUT2D eigenvalue weighted by molar-refractivity contribution is 6.30. The van der Waals surface area contributed by atoms with Crippen molar-refractivity contribution in [1.82, 2.24) is 4.90 Å². The van der Waals surface area contributed by atoms with Crippen LogP contribution in [0.4, 0.5) is 0 Å². The van der Waals surface area contributed by atoms with Gasteiger partial charge in [-0.3, -0.25) is 9.59 Å². The van der Waals surface area contributed by atoms with Gasteiger partial charge in [0.15, 0.2) is 0 Å². The van der Waals surface area contributed by atoms with E-state index in [-0.39, 0.29) is 12.3 Å². The summed E-state index contributed by atoms with van der Waals surface area (Å²) < 4.78 is 5.43. The van der Waals surface area contributed by atoms with E-state index in [0.717, 1.165) is 18.4 Å². The Kier molecular flexibility index (Phi) is 4.10. The number of carbonyl (C=O) groups excluding carboxylic acids is 1. The highest BCUT2D eigenvalue weighted by Crippen LogP contribution is 2.50. The molecule has 1 aliphatic heterocycles. The standard InChI is InChI=1S/C16H18ClNO4/c17-12-3-1-11(2-4-12)16(5-6-16)15(21)18-7-8-22-13(10-18)9-14(19)20/h1-4,13H,5-10H2,(H,19,20). The third-order valence-electron chi connectivity index (χ3n) is 4.38. The van der Waals surface area contributed by atoms with E-state index >= 15 is 0 Å². The highest BCUT2D eigenvalue weighted by Gasteiger charge is 2.53. The van der Waals surface area contributed by atoms with Crippen molar-refractivity contribution >= 4 is 23.5 Å². The summed E-state index contributed by atoms with van der Waals surface area (Å²) in [5.74, 6) is -0.827. The van der Waals surface area contributed by atoms with Gasteiger partial charge >= 0.3 is 5.97 Å². The number of morpholine rings is 1. The molecular formula is C16H18ClNO4. The Balaban J connectivity index is 1.73. The van der Waals surface area contributed by atoms with Crippen molar-refractivity contribution in [3.63, 3.8) is 0 Å². The number of ether oxygens (including phenoxy) is 1. The molecule has 1 amide bonds. The third kappa shape index (κ3) is 2.96. The van der Waals surface area contributed by atoms with E-state index in [1.54, 1.807) is 17.0 Å². The second-order valence-corrected chi connectivity index (χ2v) is 6.37. The lowest BCUT2D eigenvalue weighted by molar-refractivity contribution is -0.149. The van der Waals surface area contributed by atoms with Gasteiger partial charge in [0.05, 0.1) is 24.5 Å². The van der Waals surface area contributed by atoms with Crippen molar-refractivity contribution in [2.45, 2.75) is 30.8 Å². The highest BCUT2D eigenvalue weighted by atomic mass is 35.5. The molecule has 1 saturated carbocycles. The Labute approximate surface area is 133 Å². The van der Waals surface area contributed by atoms with E-state index in [9.17, 15) is 9.59 Å². The molecule has 0 aromatic heterocycles. The van der Waals surface area contributed by atoms with Crippen LogP contribution < -0.4 is 0 Å². The number of carbonyl (C=O) groups is 2. The van der Waals surface area contributed by atoms with Crippen LogP contribution in [0.3, 0.4) is 0 Å². The molecule has 118 valence electrons. The zero-order chi connectivity index (χ0) is 15.7. The minimum atomic E-state index is -0.905. The van der Waals surface area contributed by atoms with E-state index in [2.05, 4.69) is 0 Å². The van der Waals surface area contributed by atoms with Crippen molar-refractivity contribution in [2.24, 2.45) is 0 Å². The molecule has 1 atom stereocenters. The number of aliphatic carboxylic acids is 1. The molecule has 1 aliphatic carbocycles. The maximum absolute atomic E-state index is 12.9. The summed E-state index contributed by atoms with van der Waals surface area (Å²) in [6.45, 7) is 1.26. The average Bonchev–Trinajstić information content (AvgIpc) is 3.28. The van der Waals surface area contributed by atoms with Gasteiger partial charge in [0, 0.05) is 18.1 Å². The number of benzene rings is 1. The Morgan fingerprint density at radius 2 is 2.00 bits per heavy atom. The lowest BCUT2D eigenvalue weighted by Gasteiger charge is -2.35. The lowest BCUT2D eigenvalue weighted by Crippen LogP contribution is -2.49. The average molecular weight is 324 g/mol. The molecule has 1 N–H and O–H groups in total. The number of carboxylic acids is 1. The van der Waals surface area contributed by atoms with Crippen LogP contribution in [0.2, 0.25) is 5.02 Å². The fourth-order valence-corrected chi connectivity index (χ4v) is 3.17. The summed E-state index contributed by atoms with van der Waals surface area (Å²) in [5.41, 5.74) is 0.540. The topological polar surface area (TPSA) is 66.8 Å². The first-order chi connectivity index (χ1) is 10.5. The van der Waals surface area contributed by atoms with Gasteiger partial charge in [-0.1, -0.05) is 23.7 Å². The normalized spacial score (nSPS) is 23.1. The van der Waals surface area contributed by atoms with Gasteiger partial charge in [-0.15, -0.1) is 0 Å². The van der Waals surface area contributed by atoms with Gasteiger partial charge in [-0.25, -0.2) is 0 Å². The summed E-state index contributed by atoms with van der Waals surface area (Å²) in [6.07, 6.45) is 1.16. The summed E-state index contributed by atoms with van der Waals surface area (Å²) in [7, 11) is 0. The van der Waals surface area contributed by atoms with Gasteiger partial charge < -0.3 is 14.7 Å². The van der Waals surface area contributed by atoms with Crippen LogP contribution in [0, 0.1) is 0 Å². The van der Waals surface area contributed by atoms with Crippen molar-refractivity contribution in [3.8, 4) is 0 Å². The fraction of sp³-hybridized carbons (Fsp3) is 0.500. The number of halogens is 1. The maximum Gasteiger partial charge on any atom is 0.306 e. The van der Waals surface area contributed by atoms with Crippen molar-refractivity contribution in [3.05, 3.63) is 34.9 Å². The first kappa shape index (κ1) is 15.3. The van der Waals surface area contributed by atoms with Gasteiger partial charge in [0.2, 0.25) is 5.91 Å². The molecule has 0 radical (unpaired) electrons.